The maximum Gasteiger partial charge on any atom is 0.326 e. The van der Waals surface area contributed by atoms with Crippen LogP contribution in [0.25, 0.3) is 11.3 Å². The highest BCUT2D eigenvalue weighted by molar-refractivity contribution is 5.94. The third kappa shape index (κ3) is 10.6. The molecule has 2 aliphatic heterocycles. The molecule has 57 heavy (non-hydrogen) atoms. The van der Waals surface area contributed by atoms with Crippen molar-refractivity contribution < 1.29 is 9.53 Å². The van der Waals surface area contributed by atoms with Gasteiger partial charge in [0.15, 0.2) is 0 Å². The summed E-state index contributed by atoms with van der Waals surface area (Å²) in [6.45, 7) is 24.6. The number of urea groups is 1. The van der Waals surface area contributed by atoms with Gasteiger partial charge in [0.25, 0.3) is 0 Å². The first-order chi connectivity index (χ1) is 27.4. The molecular weight excluding hydrogens is 713 g/mol. The second kappa shape index (κ2) is 18.3. The van der Waals surface area contributed by atoms with Crippen LogP contribution in [0.3, 0.4) is 0 Å². The molecular formula is C45H56N10O2. The van der Waals surface area contributed by atoms with Gasteiger partial charge in [0.05, 0.1) is 30.4 Å². The summed E-state index contributed by atoms with van der Waals surface area (Å²) in [6.07, 6.45) is 7.24. The molecule has 2 aromatic heterocycles. The molecule has 6 rings (SSSR count). The molecule has 0 spiro atoms. The molecule has 0 atom stereocenters. The van der Waals surface area contributed by atoms with Crippen LogP contribution in [0.1, 0.15) is 50.8 Å². The molecule has 0 aliphatic carbocycles. The SMILES string of the molecule is C=C1CCN(c2ccc(CCN3CCN(c4ccc(Nc5cc(-c6ccc(CNC(=C)/C(=N/C(=C\C)C(C)(C)C)OC)c(C)c6)ncn5)nc4)CC3)cc2)C(=O)N1. The van der Waals surface area contributed by atoms with E-state index in [0.29, 0.717) is 30.5 Å². The molecule has 2 fully saturated rings. The Morgan fingerprint density at radius 1 is 0.965 bits per heavy atom. The number of carbonyl (C=O) groups excluding carboxylic acids is 1. The van der Waals surface area contributed by atoms with E-state index in [2.05, 4.69) is 113 Å². The Morgan fingerprint density at radius 3 is 2.37 bits per heavy atom. The van der Waals surface area contributed by atoms with Crippen molar-refractivity contribution in [3.63, 3.8) is 0 Å². The van der Waals surface area contributed by atoms with Crippen LogP contribution in [0.4, 0.5) is 27.8 Å². The van der Waals surface area contributed by atoms with Crippen molar-refractivity contribution in [2.45, 2.75) is 54.0 Å². The van der Waals surface area contributed by atoms with Crippen LogP contribution in [-0.2, 0) is 17.7 Å². The van der Waals surface area contributed by atoms with Crippen LogP contribution in [0.2, 0.25) is 0 Å². The monoisotopic (exact) mass is 768 g/mol. The number of hydrogen-bond donors (Lipinski definition) is 3. The number of piperazine rings is 1. The van der Waals surface area contributed by atoms with Gasteiger partial charge in [-0.05, 0) is 67.3 Å². The smallest absolute Gasteiger partial charge is 0.326 e. The summed E-state index contributed by atoms with van der Waals surface area (Å²) in [5, 5.41) is 9.55. The second-order valence-corrected chi connectivity index (χ2v) is 15.5. The molecule has 0 bridgehead atoms. The van der Waals surface area contributed by atoms with Crippen LogP contribution in [-0.4, -0.2) is 78.2 Å². The van der Waals surface area contributed by atoms with Crippen molar-refractivity contribution in [2.75, 3.05) is 61.5 Å². The van der Waals surface area contributed by atoms with Crippen molar-refractivity contribution >= 4 is 34.9 Å². The zero-order valence-corrected chi connectivity index (χ0v) is 34.2. The second-order valence-electron chi connectivity index (χ2n) is 15.5. The van der Waals surface area contributed by atoms with Gasteiger partial charge in [-0.15, -0.1) is 0 Å². The van der Waals surface area contributed by atoms with Crippen molar-refractivity contribution in [3.05, 3.63) is 126 Å². The lowest BCUT2D eigenvalue weighted by Crippen LogP contribution is -2.47. The van der Waals surface area contributed by atoms with E-state index >= 15 is 0 Å². The van der Waals surface area contributed by atoms with Gasteiger partial charge in [-0.2, -0.15) is 0 Å². The van der Waals surface area contributed by atoms with Gasteiger partial charge in [-0.1, -0.05) is 64.3 Å². The average molecular weight is 769 g/mol. The number of aromatic nitrogens is 3. The highest BCUT2D eigenvalue weighted by Crippen LogP contribution is 2.28. The molecule has 0 saturated carbocycles. The molecule has 0 unspecified atom stereocenters. The van der Waals surface area contributed by atoms with E-state index in [0.717, 1.165) is 96.5 Å². The minimum absolute atomic E-state index is 0.105. The number of nitrogens with zero attached hydrogens (tertiary/aromatic N) is 7. The number of carbonyl (C=O) groups is 1. The van der Waals surface area contributed by atoms with Gasteiger partial charge in [-0.25, -0.2) is 24.7 Å². The van der Waals surface area contributed by atoms with Crippen LogP contribution in [0, 0.1) is 12.3 Å². The Labute approximate surface area is 337 Å². The number of hydrogen-bond acceptors (Lipinski definition) is 10. The molecule has 2 amide bonds. The summed E-state index contributed by atoms with van der Waals surface area (Å²) >= 11 is 0. The zero-order valence-electron chi connectivity index (χ0n) is 34.2. The number of ether oxygens (including phenoxy) is 1. The first-order valence-corrected chi connectivity index (χ1v) is 19.6. The summed E-state index contributed by atoms with van der Waals surface area (Å²) in [6, 6.07) is 20.6. The van der Waals surface area contributed by atoms with Gasteiger partial charge in [0, 0.05) is 86.4 Å². The normalized spacial score (nSPS) is 15.7. The average Bonchev–Trinajstić information content (AvgIpc) is 3.20. The Bertz CT molecular complexity index is 2110. The predicted octanol–water partition coefficient (Wildman–Crippen LogP) is 7.99. The fraction of sp³-hybridized carbons (Fsp3) is 0.356. The fourth-order valence-corrected chi connectivity index (χ4v) is 6.94. The lowest BCUT2D eigenvalue weighted by Gasteiger charge is -2.36. The van der Waals surface area contributed by atoms with E-state index in [1.807, 2.05) is 43.5 Å². The van der Waals surface area contributed by atoms with Crippen LogP contribution < -0.4 is 25.8 Å². The Hall–Kier alpha value is -6.01. The number of methoxy groups -OCH3 is 1. The fourth-order valence-electron chi connectivity index (χ4n) is 6.94. The van der Waals surface area contributed by atoms with E-state index in [1.54, 1.807) is 18.3 Å². The third-order valence-electron chi connectivity index (χ3n) is 10.4. The van der Waals surface area contributed by atoms with E-state index < -0.39 is 0 Å². The quantitative estimate of drug-likeness (QED) is 0.0918. The lowest BCUT2D eigenvalue weighted by molar-refractivity contribution is 0.246. The van der Waals surface area contributed by atoms with Crippen molar-refractivity contribution in [1.29, 1.82) is 0 Å². The van der Waals surface area contributed by atoms with E-state index in [9.17, 15) is 4.79 Å². The summed E-state index contributed by atoms with van der Waals surface area (Å²) in [5.41, 5.74) is 9.61. The number of amides is 2. The number of aliphatic imine (C=N–C) groups is 1. The minimum Gasteiger partial charge on any atom is -0.480 e. The highest BCUT2D eigenvalue weighted by Gasteiger charge is 2.22. The molecule has 12 heteroatoms. The lowest BCUT2D eigenvalue weighted by atomic mass is 9.92. The van der Waals surface area contributed by atoms with Gasteiger partial charge in [-0.3, -0.25) is 9.80 Å². The molecule has 3 N–H and O–H groups in total. The maximum atomic E-state index is 12.3. The Kier molecular flexibility index (Phi) is 13.0. The van der Waals surface area contributed by atoms with Gasteiger partial charge in [0.2, 0.25) is 5.90 Å². The topological polar surface area (TPSA) is 123 Å². The molecule has 4 aromatic rings. The number of benzene rings is 2. The number of rotatable bonds is 13. The number of aryl methyl sites for hydroxylation is 1. The van der Waals surface area contributed by atoms with Gasteiger partial charge in [0.1, 0.15) is 18.0 Å². The summed E-state index contributed by atoms with van der Waals surface area (Å²) < 4.78 is 5.57. The van der Waals surface area contributed by atoms with Crippen molar-refractivity contribution in [2.24, 2.45) is 10.4 Å². The highest BCUT2D eigenvalue weighted by atomic mass is 16.5. The molecule has 298 valence electrons. The summed E-state index contributed by atoms with van der Waals surface area (Å²) in [4.78, 5) is 37.4. The summed E-state index contributed by atoms with van der Waals surface area (Å²) in [7, 11) is 1.62. The number of anilines is 4. The Morgan fingerprint density at radius 2 is 1.72 bits per heavy atom. The van der Waals surface area contributed by atoms with Crippen LogP contribution in [0.5, 0.6) is 0 Å². The number of pyridine rings is 1. The predicted molar refractivity (Wildman–Crippen MR) is 232 cm³/mol. The maximum absolute atomic E-state index is 12.3. The molecule has 0 radical (unpaired) electrons. The largest absolute Gasteiger partial charge is 0.480 e. The van der Waals surface area contributed by atoms with E-state index in [-0.39, 0.29) is 11.4 Å². The van der Waals surface area contributed by atoms with Gasteiger partial charge < -0.3 is 25.6 Å². The Balaban J connectivity index is 0.971. The first-order valence-electron chi connectivity index (χ1n) is 19.6. The third-order valence-corrected chi connectivity index (χ3v) is 10.4. The molecule has 4 heterocycles. The van der Waals surface area contributed by atoms with Crippen molar-refractivity contribution in [1.82, 2.24) is 30.5 Å². The zero-order chi connectivity index (χ0) is 40.5. The van der Waals surface area contributed by atoms with Crippen molar-refractivity contribution in [3.8, 4) is 11.3 Å². The van der Waals surface area contributed by atoms with Crippen LogP contribution in [0.15, 0.2) is 115 Å². The molecule has 2 saturated heterocycles. The molecule has 2 aliphatic rings. The number of nitrogens with one attached hydrogen (secondary N) is 3. The number of allylic oxidation sites excluding steroid dienone is 2. The first kappa shape index (κ1) is 40.6. The van der Waals surface area contributed by atoms with Gasteiger partial charge >= 0.3 is 6.03 Å². The molecule has 12 nitrogen and oxygen atoms in total. The van der Waals surface area contributed by atoms with E-state index in [4.69, 9.17) is 14.7 Å². The summed E-state index contributed by atoms with van der Waals surface area (Å²) in [5.74, 6) is 1.87. The standard InChI is InChI=1S/C45H56N10O2/c1-9-40(45(5,6)7)51-43(57-8)33(4)46-28-36-13-12-35(26-31(36)2)39-27-42(49-30-48-39)52-41-17-16-38(29-47-41)54-24-22-53(23-25-54)20-19-34-10-14-37(15-11-34)55-21-18-32(3)50-44(55)56/h9-17,26-27,29-30,46H,3-4,18-25,28H2,1-2,5-8H3,(H,50,56)(H,47,48,49,52)/b40-9-,51-43-. The minimum atomic E-state index is -0.108. The van der Waals surface area contributed by atoms with E-state index in [1.165, 1.54) is 5.56 Å². The van der Waals surface area contributed by atoms with Crippen LogP contribution >= 0.6 is 0 Å². The molecule has 2 aromatic carbocycles.